The van der Waals surface area contributed by atoms with Crippen molar-refractivity contribution in [3.8, 4) is 22.8 Å². The quantitative estimate of drug-likeness (QED) is 0.280. The second kappa shape index (κ2) is 11.4. The number of nitrogens with zero attached hydrogens (tertiary/aromatic N) is 3. The predicted octanol–water partition coefficient (Wildman–Crippen LogP) is 3.92. The van der Waals surface area contributed by atoms with Gasteiger partial charge in [-0.15, -0.1) is 24.0 Å². The first-order chi connectivity index (χ1) is 14.1. The maximum atomic E-state index is 5.47. The van der Waals surface area contributed by atoms with Crippen LogP contribution in [0.15, 0.2) is 59.7 Å². The maximum Gasteiger partial charge on any atom is 0.194 e. The average Bonchev–Trinajstić information content (AvgIpc) is 3.23. The second-order valence-electron chi connectivity index (χ2n) is 6.54. The third-order valence-corrected chi connectivity index (χ3v) is 4.60. The molecule has 3 aromatic rings. The number of halogens is 1. The molecular formula is C22H28IN5O2. The van der Waals surface area contributed by atoms with Crippen LogP contribution in [0.25, 0.3) is 11.3 Å². The maximum absolute atomic E-state index is 5.47. The van der Waals surface area contributed by atoms with E-state index in [1.807, 2.05) is 54.5 Å². The molecular weight excluding hydrogens is 493 g/mol. The van der Waals surface area contributed by atoms with Crippen LogP contribution in [-0.2, 0) is 13.1 Å². The van der Waals surface area contributed by atoms with Gasteiger partial charge in [0, 0.05) is 32.3 Å². The van der Waals surface area contributed by atoms with Gasteiger partial charge < -0.3 is 24.7 Å². The lowest BCUT2D eigenvalue weighted by Crippen LogP contribution is -2.38. The number of aliphatic imine (C=N–C) groups is 1. The molecule has 0 saturated carbocycles. The van der Waals surface area contributed by atoms with Gasteiger partial charge in [-0.2, -0.15) is 0 Å². The number of methoxy groups -OCH3 is 2. The zero-order chi connectivity index (χ0) is 20.6. The highest BCUT2D eigenvalue weighted by Gasteiger charge is 2.11. The number of aromatic amines is 1. The van der Waals surface area contributed by atoms with Crippen molar-refractivity contribution in [1.29, 1.82) is 0 Å². The summed E-state index contributed by atoms with van der Waals surface area (Å²) in [5, 5.41) is 3.37. The Hall–Kier alpha value is -2.75. The van der Waals surface area contributed by atoms with Gasteiger partial charge in [-0.25, -0.2) is 4.98 Å². The number of guanidine groups is 1. The molecule has 1 heterocycles. The van der Waals surface area contributed by atoms with Crippen LogP contribution in [0, 0.1) is 0 Å². The smallest absolute Gasteiger partial charge is 0.194 e. The van der Waals surface area contributed by atoms with Gasteiger partial charge in [0.25, 0.3) is 0 Å². The summed E-state index contributed by atoms with van der Waals surface area (Å²) in [5.41, 5.74) is 3.13. The standard InChI is InChI=1S/C22H27N5O2.HI/c1-23-22(25-13-17-10-11-18(28-3)12-20(17)29-4)27(2)15-21-24-14-19(26-21)16-8-6-5-7-9-16;/h5-12,14H,13,15H2,1-4H3,(H,23,25)(H,24,26);1H. The normalized spacial score (nSPS) is 10.9. The van der Waals surface area contributed by atoms with Crippen molar-refractivity contribution in [2.24, 2.45) is 4.99 Å². The minimum atomic E-state index is 0. The zero-order valence-corrected chi connectivity index (χ0v) is 20.0. The lowest BCUT2D eigenvalue weighted by Gasteiger charge is -2.21. The molecule has 0 unspecified atom stereocenters. The number of nitrogens with one attached hydrogen (secondary N) is 2. The van der Waals surface area contributed by atoms with E-state index in [0.29, 0.717) is 13.1 Å². The van der Waals surface area contributed by atoms with E-state index in [4.69, 9.17) is 9.47 Å². The third-order valence-electron chi connectivity index (χ3n) is 4.60. The van der Waals surface area contributed by atoms with Crippen molar-refractivity contribution in [1.82, 2.24) is 20.2 Å². The van der Waals surface area contributed by atoms with Gasteiger partial charge in [-0.1, -0.05) is 30.3 Å². The van der Waals surface area contributed by atoms with Crippen molar-refractivity contribution >= 4 is 29.9 Å². The minimum absolute atomic E-state index is 0. The van der Waals surface area contributed by atoms with Gasteiger partial charge in [0.1, 0.15) is 17.3 Å². The lowest BCUT2D eigenvalue weighted by atomic mass is 10.2. The number of rotatable bonds is 7. The summed E-state index contributed by atoms with van der Waals surface area (Å²) < 4.78 is 10.7. The van der Waals surface area contributed by atoms with E-state index in [-0.39, 0.29) is 24.0 Å². The first-order valence-corrected chi connectivity index (χ1v) is 9.36. The molecule has 0 saturated heterocycles. The van der Waals surface area contributed by atoms with Gasteiger partial charge >= 0.3 is 0 Å². The van der Waals surface area contributed by atoms with Crippen LogP contribution >= 0.6 is 24.0 Å². The van der Waals surface area contributed by atoms with E-state index >= 15 is 0 Å². The third kappa shape index (κ3) is 5.88. The lowest BCUT2D eigenvalue weighted by molar-refractivity contribution is 0.390. The van der Waals surface area contributed by atoms with Gasteiger partial charge in [-0.05, 0) is 17.7 Å². The Kier molecular flexibility index (Phi) is 8.97. The van der Waals surface area contributed by atoms with E-state index in [0.717, 1.165) is 40.1 Å². The van der Waals surface area contributed by atoms with Crippen LogP contribution in [0.2, 0.25) is 0 Å². The van der Waals surface area contributed by atoms with Crippen LogP contribution in [0.5, 0.6) is 11.5 Å². The van der Waals surface area contributed by atoms with Crippen molar-refractivity contribution in [3.05, 3.63) is 66.1 Å². The Bertz CT molecular complexity index is 959. The van der Waals surface area contributed by atoms with Crippen LogP contribution < -0.4 is 14.8 Å². The zero-order valence-electron chi connectivity index (χ0n) is 17.7. The van der Waals surface area contributed by atoms with Gasteiger partial charge in [0.05, 0.1) is 32.7 Å². The number of hydrogen-bond acceptors (Lipinski definition) is 4. The molecule has 7 nitrogen and oxygen atoms in total. The van der Waals surface area contributed by atoms with Gasteiger partial charge in [0.15, 0.2) is 5.96 Å². The summed E-state index contributed by atoms with van der Waals surface area (Å²) in [4.78, 5) is 14.3. The fourth-order valence-corrected chi connectivity index (χ4v) is 3.06. The summed E-state index contributed by atoms with van der Waals surface area (Å²) in [6.07, 6.45) is 1.86. The highest BCUT2D eigenvalue weighted by molar-refractivity contribution is 14.0. The molecule has 3 rings (SSSR count). The number of ether oxygens (including phenoxy) is 2. The van der Waals surface area contributed by atoms with Crippen molar-refractivity contribution in [3.63, 3.8) is 0 Å². The van der Waals surface area contributed by atoms with Crippen molar-refractivity contribution in [2.75, 3.05) is 28.3 Å². The monoisotopic (exact) mass is 521 g/mol. The number of hydrogen-bond donors (Lipinski definition) is 2. The SMILES string of the molecule is CN=C(NCc1ccc(OC)cc1OC)N(C)Cc1ncc(-c2ccccc2)[nH]1.I. The number of benzene rings is 2. The average molecular weight is 521 g/mol. The topological polar surface area (TPSA) is 74.8 Å². The first-order valence-electron chi connectivity index (χ1n) is 9.36. The number of aromatic nitrogens is 2. The first kappa shape index (κ1) is 23.5. The molecule has 2 N–H and O–H groups in total. The van der Waals surface area contributed by atoms with Crippen molar-refractivity contribution < 1.29 is 9.47 Å². The molecule has 160 valence electrons. The molecule has 0 radical (unpaired) electrons. The molecule has 30 heavy (non-hydrogen) atoms. The molecule has 0 fully saturated rings. The fourth-order valence-electron chi connectivity index (χ4n) is 3.06. The van der Waals surface area contributed by atoms with Crippen LogP contribution in [0.3, 0.4) is 0 Å². The van der Waals surface area contributed by atoms with E-state index in [2.05, 4.69) is 32.4 Å². The molecule has 0 atom stereocenters. The van der Waals surface area contributed by atoms with E-state index in [1.165, 1.54) is 0 Å². The molecule has 0 amide bonds. The predicted molar refractivity (Wildman–Crippen MR) is 131 cm³/mol. The molecule has 0 spiro atoms. The van der Waals surface area contributed by atoms with Crippen LogP contribution in [0.1, 0.15) is 11.4 Å². The Balaban J connectivity index is 0.00000320. The Labute approximate surface area is 194 Å². The highest BCUT2D eigenvalue weighted by Crippen LogP contribution is 2.24. The molecule has 0 aliphatic rings. The van der Waals surface area contributed by atoms with Crippen LogP contribution in [0.4, 0.5) is 0 Å². The van der Waals surface area contributed by atoms with Crippen LogP contribution in [-0.4, -0.2) is 49.1 Å². The van der Waals surface area contributed by atoms with Crippen molar-refractivity contribution in [2.45, 2.75) is 13.1 Å². The number of H-pyrrole nitrogens is 1. The summed E-state index contributed by atoms with van der Waals surface area (Å²) in [6.45, 7) is 1.18. The molecule has 0 aliphatic carbocycles. The molecule has 2 aromatic carbocycles. The van der Waals surface area contributed by atoms with E-state index in [9.17, 15) is 0 Å². The van der Waals surface area contributed by atoms with E-state index in [1.54, 1.807) is 21.3 Å². The fraction of sp³-hybridized carbons (Fsp3) is 0.273. The molecule has 8 heteroatoms. The summed E-state index contributed by atoms with van der Waals surface area (Å²) in [7, 11) is 7.04. The summed E-state index contributed by atoms with van der Waals surface area (Å²) in [6, 6.07) is 15.9. The Morgan fingerprint density at radius 3 is 2.57 bits per heavy atom. The minimum Gasteiger partial charge on any atom is -0.497 e. The van der Waals surface area contributed by atoms with E-state index < -0.39 is 0 Å². The largest absolute Gasteiger partial charge is 0.497 e. The van der Waals surface area contributed by atoms with Gasteiger partial charge in [0.2, 0.25) is 0 Å². The molecule has 0 aliphatic heterocycles. The molecule has 1 aromatic heterocycles. The van der Waals surface area contributed by atoms with Gasteiger partial charge in [-0.3, -0.25) is 4.99 Å². The highest BCUT2D eigenvalue weighted by atomic mass is 127. The Morgan fingerprint density at radius 2 is 1.90 bits per heavy atom. The Morgan fingerprint density at radius 1 is 1.13 bits per heavy atom. The summed E-state index contributed by atoms with van der Waals surface area (Å²) in [5.74, 6) is 3.17. The molecule has 0 bridgehead atoms. The second-order valence-corrected chi connectivity index (χ2v) is 6.54. The number of imidazole rings is 1. The summed E-state index contributed by atoms with van der Waals surface area (Å²) >= 11 is 0.